The number of hydrazone groups is 1. The molecule has 0 radical (unpaired) electrons. The van der Waals surface area contributed by atoms with E-state index in [0.717, 1.165) is 11.1 Å². The van der Waals surface area contributed by atoms with Crippen LogP contribution >= 0.6 is 23.2 Å². The Bertz CT molecular complexity index is 807. The van der Waals surface area contributed by atoms with Crippen molar-refractivity contribution < 1.29 is 9.59 Å². The molecule has 25 heavy (non-hydrogen) atoms. The number of carbonyl (C=O) groups excluding carboxylic acids is 2. The molecule has 7 heteroatoms. The van der Waals surface area contributed by atoms with Crippen molar-refractivity contribution in [2.24, 2.45) is 5.10 Å². The molecule has 0 aliphatic carbocycles. The summed E-state index contributed by atoms with van der Waals surface area (Å²) in [7, 11) is 0. The zero-order valence-corrected chi connectivity index (χ0v) is 15.1. The second kappa shape index (κ2) is 9.20. The van der Waals surface area contributed by atoms with E-state index in [-0.39, 0.29) is 24.7 Å². The van der Waals surface area contributed by atoms with Crippen molar-refractivity contribution in [1.82, 2.24) is 5.43 Å². The molecule has 0 saturated heterocycles. The lowest BCUT2D eigenvalue weighted by Crippen LogP contribution is -2.20. The van der Waals surface area contributed by atoms with E-state index in [2.05, 4.69) is 15.8 Å². The van der Waals surface area contributed by atoms with Gasteiger partial charge in [0.05, 0.1) is 6.21 Å². The highest BCUT2D eigenvalue weighted by molar-refractivity contribution is 6.31. The van der Waals surface area contributed by atoms with Crippen molar-refractivity contribution in [2.75, 3.05) is 5.32 Å². The van der Waals surface area contributed by atoms with Gasteiger partial charge >= 0.3 is 0 Å². The maximum absolute atomic E-state index is 11.9. The summed E-state index contributed by atoms with van der Waals surface area (Å²) in [6.45, 7) is 1.81. The highest BCUT2D eigenvalue weighted by atomic mass is 35.5. The Morgan fingerprint density at radius 1 is 1.08 bits per heavy atom. The van der Waals surface area contributed by atoms with Crippen LogP contribution in [0, 0.1) is 6.92 Å². The minimum absolute atomic E-state index is 0.0261. The van der Waals surface area contributed by atoms with E-state index in [1.807, 2.05) is 13.0 Å². The highest BCUT2D eigenvalue weighted by Crippen LogP contribution is 2.23. The molecule has 0 saturated carbocycles. The number of halogens is 2. The molecule has 0 aliphatic rings. The van der Waals surface area contributed by atoms with Gasteiger partial charge in [0.15, 0.2) is 0 Å². The van der Waals surface area contributed by atoms with Gasteiger partial charge in [-0.25, -0.2) is 5.43 Å². The molecule has 0 spiro atoms. The number of carbonyl (C=O) groups is 2. The van der Waals surface area contributed by atoms with Gasteiger partial charge in [-0.15, -0.1) is 0 Å². The topological polar surface area (TPSA) is 70.6 Å². The number of anilines is 1. The lowest BCUT2D eigenvalue weighted by atomic mass is 10.2. The van der Waals surface area contributed by atoms with Crippen LogP contribution in [0.25, 0.3) is 0 Å². The summed E-state index contributed by atoms with van der Waals surface area (Å²) >= 11 is 11.9. The van der Waals surface area contributed by atoms with Crippen LogP contribution in [0.2, 0.25) is 10.0 Å². The smallest absolute Gasteiger partial charge is 0.240 e. The maximum atomic E-state index is 11.9. The quantitative estimate of drug-likeness (QED) is 0.585. The van der Waals surface area contributed by atoms with E-state index in [0.29, 0.717) is 15.7 Å². The summed E-state index contributed by atoms with van der Waals surface area (Å²) in [5.74, 6) is -0.615. The monoisotopic (exact) mass is 377 g/mol. The summed E-state index contributed by atoms with van der Waals surface area (Å²) in [6, 6.07) is 12.3. The van der Waals surface area contributed by atoms with E-state index in [1.165, 1.54) is 6.21 Å². The van der Waals surface area contributed by atoms with Crippen LogP contribution in [0.1, 0.15) is 24.0 Å². The summed E-state index contributed by atoms with van der Waals surface area (Å²) in [4.78, 5) is 23.7. The lowest BCUT2D eigenvalue weighted by Gasteiger charge is -2.09. The molecule has 0 atom stereocenters. The molecule has 0 heterocycles. The molecule has 0 fully saturated rings. The fraction of sp³-hybridized carbons (Fsp3) is 0.167. The first-order valence-corrected chi connectivity index (χ1v) is 8.34. The third kappa shape index (κ3) is 6.21. The number of rotatable bonds is 6. The second-order valence-corrected chi connectivity index (χ2v) is 6.15. The lowest BCUT2D eigenvalue weighted by molar-refractivity contribution is -0.124. The standard InChI is InChI=1S/C18H17Cl2N3O2/c1-12-15(20)6-3-7-16(12)22-17(24)8-9-18(25)23-21-11-13-4-2-5-14(19)10-13/h2-7,10-11H,8-9H2,1H3,(H,22,24)(H,23,25)/b21-11-. The molecule has 2 aromatic rings. The SMILES string of the molecule is Cc1c(Cl)cccc1NC(=O)CCC(=O)N/N=C\c1cccc(Cl)c1. The summed E-state index contributed by atoms with van der Waals surface area (Å²) < 4.78 is 0. The van der Waals surface area contributed by atoms with Gasteiger partial charge in [-0.2, -0.15) is 5.10 Å². The number of benzene rings is 2. The van der Waals surface area contributed by atoms with Gasteiger partial charge in [-0.05, 0) is 42.3 Å². The minimum Gasteiger partial charge on any atom is -0.326 e. The van der Waals surface area contributed by atoms with Crippen molar-refractivity contribution in [3.05, 3.63) is 63.6 Å². The van der Waals surface area contributed by atoms with Crippen molar-refractivity contribution in [1.29, 1.82) is 0 Å². The summed E-state index contributed by atoms with van der Waals surface area (Å²) in [5.41, 5.74) is 4.56. The number of hydrogen-bond acceptors (Lipinski definition) is 3. The van der Waals surface area contributed by atoms with E-state index >= 15 is 0 Å². The summed E-state index contributed by atoms with van der Waals surface area (Å²) in [5, 5.41) is 7.74. The van der Waals surface area contributed by atoms with Gasteiger partial charge in [-0.3, -0.25) is 9.59 Å². The fourth-order valence-corrected chi connectivity index (χ4v) is 2.38. The molecule has 0 unspecified atom stereocenters. The molecule has 0 aliphatic heterocycles. The molecule has 2 rings (SSSR count). The van der Waals surface area contributed by atoms with Gasteiger partial charge in [0.2, 0.25) is 11.8 Å². The molecule has 2 amide bonds. The Kier molecular flexibility index (Phi) is 6.98. The van der Waals surface area contributed by atoms with Gasteiger partial charge in [0, 0.05) is 28.6 Å². The maximum Gasteiger partial charge on any atom is 0.240 e. The number of amides is 2. The molecular formula is C18H17Cl2N3O2. The molecule has 0 aromatic heterocycles. The van der Waals surface area contributed by atoms with Crippen LogP contribution in [0.3, 0.4) is 0 Å². The second-order valence-electron chi connectivity index (χ2n) is 5.31. The van der Waals surface area contributed by atoms with E-state index in [9.17, 15) is 9.59 Å². The van der Waals surface area contributed by atoms with Crippen LogP contribution in [-0.2, 0) is 9.59 Å². The van der Waals surface area contributed by atoms with Crippen LogP contribution in [0.15, 0.2) is 47.6 Å². The molecule has 0 bridgehead atoms. The van der Waals surface area contributed by atoms with Crippen LogP contribution < -0.4 is 10.7 Å². The molecule has 2 N–H and O–H groups in total. The van der Waals surface area contributed by atoms with E-state index in [4.69, 9.17) is 23.2 Å². The first-order chi connectivity index (χ1) is 12.0. The number of nitrogens with one attached hydrogen (secondary N) is 2. The zero-order valence-electron chi connectivity index (χ0n) is 13.6. The largest absolute Gasteiger partial charge is 0.326 e. The van der Waals surface area contributed by atoms with Crippen LogP contribution in [-0.4, -0.2) is 18.0 Å². The Hall–Kier alpha value is -2.37. The fourth-order valence-electron chi connectivity index (χ4n) is 2.00. The third-order valence-corrected chi connectivity index (χ3v) is 4.02. The molecule has 5 nitrogen and oxygen atoms in total. The van der Waals surface area contributed by atoms with Crippen LogP contribution in [0.4, 0.5) is 5.69 Å². The normalized spacial score (nSPS) is 10.7. The Morgan fingerprint density at radius 3 is 2.56 bits per heavy atom. The molecular weight excluding hydrogens is 361 g/mol. The Balaban J connectivity index is 1.77. The van der Waals surface area contributed by atoms with Crippen molar-refractivity contribution in [3.63, 3.8) is 0 Å². The minimum atomic E-state index is -0.351. The molecule has 2 aromatic carbocycles. The predicted octanol–water partition coefficient (Wildman–Crippen LogP) is 4.17. The Labute approximate surface area is 156 Å². The van der Waals surface area contributed by atoms with Gasteiger partial charge in [0.25, 0.3) is 0 Å². The van der Waals surface area contributed by atoms with Crippen LogP contribution in [0.5, 0.6) is 0 Å². The first kappa shape index (κ1) is 19.0. The van der Waals surface area contributed by atoms with Crippen molar-refractivity contribution in [3.8, 4) is 0 Å². The highest BCUT2D eigenvalue weighted by Gasteiger charge is 2.09. The van der Waals surface area contributed by atoms with E-state index < -0.39 is 0 Å². The third-order valence-electron chi connectivity index (χ3n) is 3.37. The molecule has 130 valence electrons. The van der Waals surface area contributed by atoms with E-state index in [1.54, 1.807) is 36.4 Å². The first-order valence-electron chi connectivity index (χ1n) is 7.58. The van der Waals surface area contributed by atoms with Gasteiger partial charge in [0.1, 0.15) is 0 Å². The average Bonchev–Trinajstić information content (AvgIpc) is 2.57. The number of nitrogens with zero attached hydrogens (tertiary/aromatic N) is 1. The summed E-state index contributed by atoms with van der Waals surface area (Å²) in [6.07, 6.45) is 1.56. The van der Waals surface area contributed by atoms with Crippen molar-refractivity contribution >= 4 is 46.9 Å². The van der Waals surface area contributed by atoms with Gasteiger partial charge in [-0.1, -0.05) is 41.4 Å². The predicted molar refractivity (Wildman–Crippen MR) is 101 cm³/mol. The zero-order chi connectivity index (χ0) is 18.2. The van der Waals surface area contributed by atoms with Gasteiger partial charge < -0.3 is 5.32 Å². The van der Waals surface area contributed by atoms with Crippen molar-refractivity contribution in [2.45, 2.75) is 19.8 Å². The Morgan fingerprint density at radius 2 is 1.80 bits per heavy atom. The average molecular weight is 378 g/mol. The number of hydrogen-bond donors (Lipinski definition) is 2.